The molecule has 0 aliphatic carbocycles. The third-order valence-corrected chi connectivity index (χ3v) is 3.11. The highest BCUT2D eigenvalue weighted by atomic mass is 19.4. The first kappa shape index (κ1) is 17.5. The maximum absolute atomic E-state index is 13.5. The van der Waals surface area contributed by atoms with Crippen molar-refractivity contribution in [2.45, 2.75) is 45.2 Å². The van der Waals surface area contributed by atoms with E-state index in [1.165, 1.54) is 0 Å². The smallest absolute Gasteiger partial charge is 0.352 e. The van der Waals surface area contributed by atoms with Gasteiger partial charge in [-0.15, -0.1) is 0 Å². The first-order valence-corrected chi connectivity index (χ1v) is 7.01. The molecule has 2 nitrogen and oxygen atoms in total. The molecule has 0 unspecified atom stereocenters. The monoisotopic (exact) mass is 305 g/mol. The molecule has 1 aromatic rings. The maximum Gasteiger partial charge on any atom is 0.417 e. The minimum absolute atomic E-state index is 0.244. The Labute approximate surface area is 121 Å². The Bertz CT molecular complexity index is 471. The van der Waals surface area contributed by atoms with Crippen molar-refractivity contribution in [2.75, 3.05) is 6.54 Å². The molecule has 0 aliphatic rings. The largest absolute Gasteiger partial charge is 0.417 e. The second kappa shape index (κ2) is 8.00. The highest BCUT2D eigenvalue weighted by molar-refractivity contribution is 5.96. The van der Waals surface area contributed by atoms with E-state index in [1.807, 2.05) is 0 Å². The topological polar surface area (TPSA) is 29.1 Å². The summed E-state index contributed by atoms with van der Waals surface area (Å²) in [6, 6.07) is 2.50. The van der Waals surface area contributed by atoms with E-state index in [4.69, 9.17) is 0 Å². The minimum Gasteiger partial charge on any atom is -0.352 e. The molecule has 0 saturated heterocycles. The standard InChI is InChI=1S/C15H19F4NO/c1-2-3-4-5-6-10-20-14(21)13-11(15(17,18)19)8-7-9-12(13)16/h7-9H,2-6,10H2,1H3,(H,20,21). The number of alkyl halides is 3. The zero-order chi connectivity index (χ0) is 15.9. The summed E-state index contributed by atoms with van der Waals surface area (Å²) in [6.45, 7) is 2.31. The van der Waals surface area contributed by atoms with E-state index in [0.717, 1.165) is 37.8 Å². The lowest BCUT2D eigenvalue weighted by Crippen LogP contribution is -2.28. The maximum atomic E-state index is 13.5. The molecule has 118 valence electrons. The van der Waals surface area contributed by atoms with Gasteiger partial charge in [-0.3, -0.25) is 4.79 Å². The number of halogens is 4. The molecule has 0 atom stereocenters. The average molecular weight is 305 g/mol. The minimum atomic E-state index is -4.75. The molecule has 1 rings (SSSR count). The third-order valence-electron chi connectivity index (χ3n) is 3.11. The van der Waals surface area contributed by atoms with Gasteiger partial charge in [-0.2, -0.15) is 13.2 Å². The van der Waals surface area contributed by atoms with Crippen LogP contribution < -0.4 is 5.32 Å². The fraction of sp³-hybridized carbons (Fsp3) is 0.533. The number of unbranched alkanes of at least 4 members (excludes halogenated alkanes) is 4. The van der Waals surface area contributed by atoms with Crippen LogP contribution in [0, 0.1) is 5.82 Å². The third kappa shape index (κ3) is 5.36. The first-order chi connectivity index (χ1) is 9.88. The Morgan fingerprint density at radius 2 is 1.81 bits per heavy atom. The van der Waals surface area contributed by atoms with Gasteiger partial charge in [0.05, 0.1) is 11.1 Å². The molecule has 0 aromatic heterocycles. The molecule has 0 saturated carbocycles. The van der Waals surface area contributed by atoms with E-state index in [9.17, 15) is 22.4 Å². The van der Waals surface area contributed by atoms with Crippen LogP contribution in [0.15, 0.2) is 18.2 Å². The molecule has 1 amide bonds. The van der Waals surface area contributed by atoms with Crippen LogP contribution in [-0.2, 0) is 6.18 Å². The fourth-order valence-corrected chi connectivity index (χ4v) is 2.01. The number of rotatable bonds is 7. The van der Waals surface area contributed by atoms with Crippen LogP contribution in [0.2, 0.25) is 0 Å². The number of carbonyl (C=O) groups excluding carboxylic acids is 1. The number of hydrogen-bond acceptors (Lipinski definition) is 1. The normalized spacial score (nSPS) is 11.5. The highest BCUT2D eigenvalue weighted by Crippen LogP contribution is 2.32. The van der Waals surface area contributed by atoms with Crippen molar-refractivity contribution in [1.29, 1.82) is 0 Å². The van der Waals surface area contributed by atoms with Crippen LogP contribution in [0.3, 0.4) is 0 Å². The Kier molecular flexibility index (Phi) is 6.65. The lowest BCUT2D eigenvalue weighted by Gasteiger charge is -2.13. The lowest BCUT2D eigenvalue weighted by atomic mass is 10.1. The van der Waals surface area contributed by atoms with Crippen LogP contribution in [0.1, 0.15) is 54.9 Å². The first-order valence-electron chi connectivity index (χ1n) is 7.01. The Balaban J connectivity index is 2.66. The number of amides is 1. The van der Waals surface area contributed by atoms with Crippen LogP contribution in [-0.4, -0.2) is 12.5 Å². The van der Waals surface area contributed by atoms with Crippen LogP contribution in [0.5, 0.6) is 0 Å². The summed E-state index contributed by atoms with van der Waals surface area (Å²) in [7, 11) is 0. The van der Waals surface area contributed by atoms with Gasteiger partial charge in [-0.1, -0.05) is 38.7 Å². The van der Waals surface area contributed by atoms with Gasteiger partial charge in [0.1, 0.15) is 5.82 Å². The lowest BCUT2D eigenvalue weighted by molar-refractivity contribution is -0.138. The molecule has 0 bridgehead atoms. The number of nitrogens with one attached hydrogen (secondary N) is 1. The molecular formula is C15H19F4NO. The molecule has 21 heavy (non-hydrogen) atoms. The SMILES string of the molecule is CCCCCCCNC(=O)c1c(F)cccc1C(F)(F)F. The Morgan fingerprint density at radius 3 is 2.43 bits per heavy atom. The molecule has 0 fully saturated rings. The molecule has 0 radical (unpaired) electrons. The van der Waals surface area contributed by atoms with Crippen molar-refractivity contribution in [1.82, 2.24) is 5.32 Å². The van der Waals surface area contributed by atoms with Crippen molar-refractivity contribution >= 4 is 5.91 Å². The summed E-state index contributed by atoms with van der Waals surface area (Å²) in [4.78, 5) is 11.8. The van der Waals surface area contributed by atoms with Crippen LogP contribution in [0.4, 0.5) is 17.6 Å². The van der Waals surface area contributed by atoms with Gasteiger partial charge in [-0.05, 0) is 18.6 Å². The van der Waals surface area contributed by atoms with Gasteiger partial charge >= 0.3 is 6.18 Å². The predicted octanol–water partition coefficient (Wildman–Crippen LogP) is 4.54. The Morgan fingerprint density at radius 1 is 1.14 bits per heavy atom. The molecule has 6 heteroatoms. The van der Waals surface area contributed by atoms with Crippen molar-refractivity contribution in [3.8, 4) is 0 Å². The van der Waals surface area contributed by atoms with E-state index in [-0.39, 0.29) is 6.54 Å². The second-order valence-electron chi connectivity index (χ2n) is 4.83. The van der Waals surface area contributed by atoms with Crippen molar-refractivity contribution in [3.63, 3.8) is 0 Å². The number of carbonyl (C=O) groups is 1. The van der Waals surface area contributed by atoms with E-state index in [0.29, 0.717) is 12.5 Å². The van der Waals surface area contributed by atoms with Crippen LogP contribution in [0.25, 0.3) is 0 Å². The molecule has 0 spiro atoms. The van der Waals surface area contributed by atoms with Crippen LogP contribution >= 0.6 is 0 Å². The number of hydrogen-bond donors (Lipinski definition) is 1. The van der Waals surface area contributed by atoms with Crippen molar-refractivity contribution in [2.24, 2.45) is 0 Å². The predicted molar refractivity (Wildman–Crippen MR) is 72.5 cm³/mol. The van der Waals surface area contributed by atoms with Gasteiger partial charge in [0, 0.05) is 6.54 Å². The summed E-state index contributed by atoms with van der Waals surface area (Å²) < 4.78 is 51.9. The zero-order valence-electron chi connectivity index (χ0n) is 11.9. The zero-order valence-corrected chi connectivity index (χ0v) is 11.9. The summed E-state index contributed by atoms with van der Waals surface area (Å²) in [5.41, 5.74) is -2.18. The van der Waals surface area contributed by atoms with Gasteiger partial charge in [-0.25, -0.2) is 4.39 Å². The molecular weight excluding hydrogens is 286 g/mol. The van der Waals surface area contributed by atoms with Gasteiger partial charge in [0.2, 0.25) is 0 Å². The fourth-order valence-electron chi connectivity index (χ4n) is 2.01. The summed E-state index contributed by atoms with van der Waals surface area (Å²) >= 11 is 0. The molecule has 0 aliphatic heterocycles. The van der Waals surface area contributed by atoms with Gasteiger partial charge < -0.3 is 5.32 Å². The summed E-state index contributed by atoms with van der Waals surface area (Å²) in [6.07, 6.45) is -0.0230. The van der Waals surface area contributed by atoms with Gasteiger partial charge in [0.25, 0.3) is 5.91 Å². The van der Waals surface area contributed by atoms with Crippen molar-refractivity contribution in [3.05, 3.63) is 35.1 Å². The van der Waals surface area contributed by atoms with E-state index >= 15 is 0 Å². The van der Waals surface area contributed by atoms with E-state index in [1.54, 1.807) is 0 Å². The molecule has 1 N–H and O–H groups in total. The summed E-state index contributed by atoms with van der Waals surface area (Å²) in [5, 5.41) is 2.35. The average Bonchev–Trinajstić information content (AvgIpc) is 2.41. The quantitative estimate of drug-likeness (QED) is 0.581. The van der Waals surface area contributed by atoms with Crippen molar-refractivity contribution < 1.29 is 22.4 Å². The second-order valence-corrected chi connectivity index (χ2v) is 4.83. The van der Waals surface area contributed by atoms with E-state index < -0.39 is 29.0 Å². The highest BCUT2D eigenvalue weighted by Gasteiger charge is 2.36. The summed E-state index contributed by atoms with van der Waals surface area (Å²) in [5.74, 6) is -2.18. The van der Waals surface area contributed by atoms with Gasteiger partial charge in [0.15, 0.2) is 0 Å². The Hall–Kier alpha value is -1.59. The van der Waals surface area contributed by atoms with E-state index in [2.05, 4.69) is 12.2 Å². The molecule has 0 heterocycles. The molecule has 1 aromatic carbocycles. The number of benzene rings is 1.